The quantitative estimate of drug-likeness (QED) is 0.464. The molecule has 22 heavy (non-hydrogen) atoms. The summed E-state index contributed by atoms with van der Waals surface area (Å²) in [6, 6.07) is 9.94. The van der Waals surface area contributed by atoms with E-state index in [1.54, 1.807) is 6.92 Å². The maximum atomic E-state index is 11.6. The van der Waals surface area contributed by atoms with Crippen LogP contribution in [0.3, 0.4) is 0 Å². The number of imidazole rings is 1. The highest BCUT2D eigenvalue weighted by Crippen LogP contribution is 2.26. The van der Waals surface area contributed by atoms with E-state index in [0.717, 1.165) is 22.8 Å². The molecule has 0 radical (unpaired) electrons. The van der Waals surface area contributed by atoms with Crippen molar-refractivity contribution < 1.29 is 9.53 Å². The lowest BCUT2D eigenvalue weighted by molar-refractivity contribution is -0.140. The summed E-state index contributed by atoms with van der Waals surface area (Å²) in [6.45, 7) is 11.7. The van der Waals surface area contributed by atoms with Gasteiger partial charge in [0.25, 0.3) is 0 Å². The van der Waals surface area contributed by atoms with Crippen LogP contribution in [0.2, 0.25) is 0 Å². The van der Waals surface area contributed by atoms with E-state index in [1.165, 1.54) is 0 Å². The van der Waals surface area contributed by atoms with Gasteiger partial charge in [0.2, 0.25) is 0 Å². The number of ether oxygens (including phenoxy) is 1. The van der Waals surface area contributed by atoms with Crippen LogP contribution in [0.15, 0.2) is 55.1 Å². The Morgan fingerprint density at radius 3 is 2.64 bits per heavy atom. The minimum Gasteiger partial charge on any atom is -0.456 e. The largest absolute Gasteiger partial charge is 0.456 e. The average molecular weight is 296 g/mol. The Labute approximate surface area is 130 Å². The fraction of sp³-hybridized carbons (Fsp3) is 0.222. The van der Waals surface area contributed by atoms with Gasteiger partial charge >= 0.3 is 5.97 Å². The van der Waals surface area contributed by atoms with Gasteiger partial charge < -0.3 is 9.30 Å². The van der Waals surface area contributed by atoms with Gasteiger partial charge in [0, 0.05) is 17.7 Å². The van der Waals surface area contributed by atoms with Crippen molar-refractivity contribution in [2.45, 2.75) is 27.0 Å². The van der Waals surface area contributed by atoms with Gasteiger partial charge in [0.1, 0.15) is 18.1 Å². The molecular formula is C18H20N2O2. The SMILES string of the molecule is C=CCn1c(C)nc(COC(=O)C(=C)C)c1-c1ccccc1. The van der Waals surface area contributed by atoms with Gasteiger partial charge in [0.15, 0.2) is 0 Å². The third kappa shape index (κ3) is 3.34. The number of benzene rings is 1. The number of esters is 1. The van der Waals surface area contributed by atoms with Crippen molar-refractivity contribution in [1.29, 1.82) is 0 Å². The molecule has 114 valence electrons. The van der Waals surface area contributed by atoms with Crippen LogP contribution in [-0.4, -0.2) is 15.5 Å². The average Bonchev–Trinajstić information content (AvgIpc) is 2.82. The molecule has 0 atom stereocenters. The maximum Gasteiger partial charge on any atom is 0.333 e. The molecule has 2 aromatic rings. The Hall–Kier alpha value is -2.62. The summed E-state index contributed by atoms with van der Waals surface area (Å²) in [4.78, 5) is 16.2. The van der Waals surface area contributed by atoms with Gasteiger partial charge in [-0.05, 0) is 13.8 Å². The maximum absolute atomic E-state index is 11.6. The molecule has 0 N–H and O–H groups in total. The third-order valence-electron chi connectivity index (χ3n) is 3.28. The van der Waals surface area contributed by atoms with Crippen LogP contribution >= 0.6 is 0 Å². The molecule has 0 aliphatic carbocycles. The first kappa shape index (κ1) is 15.8. The Bertz CT molecular complexity index is 699. The summed E-state index contributed by atoms with van der Waals surface area (Å²) in [5.74, 6) is 0.454. The minimum absolute atomic E-state index is 0.126. The van der Waals surface area contributed by atoms with Crippen LogP contribution in [-0.2, 0) is 22.7 Å². The summed E-state index contributed by atoms with van der Waals surface area (Å²) < 4.78 is 7.32. The molecule has 0 aliphatic heterocycles. The smallest absolute Gasteiger partial charge is 0.333 e. The monoisotopic (exact) mass is 296 g/mol. The number of nitrogens with zero attached hydrogens (tertiary/aromatic N) is 2. The molecule has 1 aromatic heterocycles. The van der Waals surface area contributed by atoms with E-state index in [4.69, 9.17) is 4.74 Å². The van der Waals surface area contributed by atoms with E-state index < -0.39 is 5.97 Å². The molecule has 1 heterocycles. The van der Waals surface area contributed by atoms with Crippen LogP contribution < -0.4 is 0 Å². The van der Waals surface area contributed by atoms with Gasteiger partial charge in [-0.15, -0.1) is 6.58 Å². The van der Waals surface area contributed by atoms with Crippen molar-refractivity contribution in [3.63, 3.8) is 0 Å². The molecule has 0 unspecified atom stereocenters. The second kappa shape index (κ2) is 6.89. The van der Waals surface area contributed by atoms with Crippen LogP contribution in [0, 0.1) is 6.92 Å². The van der Waals surface area contributed by atoms with Crippen LogP contribution in [0.1, 0.15) is 18.4 Å². The second-order valence-corrected chi connectivity index (χ2v) is 5.08. The highest BCUT2D eigenvalue weighted by molar-refractivity contribution is 5.87. The van der Waals surface area contributed by atoms with E-state index in [-0.39, 0.29) is 6.61 Å². The Morgan fingerprint density at radius 1 is 1.36 bits per heavy atom. The minimum atomic E-state index is -0.407. The highest BCUT2D eigenvalue weighted by Gasteiger charge is 2.17. The lowest BCUT2D eigenvalue weighted by atomic mass is 10.1. The Morgan fingerprint density at radius 2 is 2.05 bits per heavy atom. The molecule has 1 aromatic carbocycles. The van der Waals surface area contributed by atoms with Gasteiger partial charge in [-0.2, -0.15) is 0 Å². The van der Waals surface area contributed by atoms with Gasteiger partial charge in [-0.25, -0.2) is 9.78 Å². The predicted molar refractivity (Wildman–Crippen MR) is 87.2 cm³/mol. The molecule has 0 saturated carbocycles. The molecule has 4 nitrogen and oxygen atoms in total. The molecule has 0 spiro atoms. The predicted octanol–water partition coefficient (Wildman–Crippen LogP) is 3.66. The zero-order valence-corrected chi connectivity index (χ0v) is 13.0. The second-order valence-electron chi connectivity index (χ2n) is 5.08. The van der Waals surface area contributed by atoms with Crippen molar-refractivity contribution in [2.24, 2.45) is 0 Å². The number of hydrogen-bond acceptors (Lipinski definition) is 3. The summed E-state index contributed by atoms with van der Waals surface area (Å²) in [5, 5.41) is 0. The van der Waals surface area contributed by atoms with E-state index >= 15 is 0 Å². The lowest BCUT2D eigenvalue weighted by Crippen LogP contribution is -2.06. The van der Waals surface area contributed by atoms with Crippen LogP contribution in [0.5, 0.6) is 0 Å². The standard InChI is InChI=1S/C18H20N2O2/c1-5-11-20-14(4)19-16(12-22-18(21)13(2)3)17(20)15-9-7-6-8-10-15/h5-10H,1-2,11-12H2,3-4H3. The van der Waals surface area contributed by atoms with Crippen LogP contribution in [0.4, 0.5) is 0 Å². The van der Waals surface area contributed by atoms with Gasteiger partial charge in [-0.1, -0.05) is 43.0 Å². The van der Waals surface area contributed by atoms with E-state index in [2.05, 4.69) is 22.7 Å². The fourth-order valence-electron chi connectivity index (χ4n) is 2.25. The van der Waals surface area contributed by atoms with Gasteiger partial charge in [-0.3, -0.25) is 0 Å². The third-order valence-corrected chi connectivity index (χ3v) is 3.28. The molecule has 0 bridgehead atoms. The van der Waals surface area contributed by atoms with Crippen molar-refractivity contribution in [2.75, 3.05) is 0 Å². The highest BCUT2D eigenvalue weighted by atomic mass is 16.5. The number of rotatable bonds is 6. The van der Waals surface area contributed by atoms with Crippen molar-refractivity contribution >= 4 is 5.97 Å². The fourth-order valence-corrected chi connectivity index (χ4v) is 2.25. The molecule has 0 saturated heterocycles. The first-order valence-electron chi connectivity index (χ1n) is 7.09. The number of aryl methyl sites for hydroxylation is 1. The number of allylic oxidation sites excluding steroid dienone is 1. The van der Waals surface area contributed by atoms with Crippen molar-refractivity contribution in [3.8, 4) is 11.3 Å². The van der Waals surface area contributed by atoms with Crippen LogP contribution in [0.25, 0.3) is 11.3 Å². The summed E-state index contributed by atoms with van der Waals surface area (Å²) in [7, 11) is 0. The molecule has 0 fully saturated rings. The summed E-state index contributed by atoms with van der Waals surface area (Å²) >= 11 is 0. The van der Waals surface area contributed by atoms with E-state index in [0.29, 0.717) is 12.1 Å². The lowest BCUT2D eigenvalue weighted by Gasteiger charge is -2.10. The van der Waals surface area contributed by atoms with Gasteiger partial charge in [0.05, 0.1) is 5.69 Å². The molecular weight excluding hydrogens is 276 g/mol. The topological polar surface area (TPSA) is 44.1 Å². The number of hydrogen-bond donors (Lipinski definition) is 0. The normalized spacial score (nSPS) is 10.3. The van der Waals surface area contributed by atoms with Crippen molar-refractivity contribution in [3.05, 3.63) is 66.7 Å². The Balaban J connectivity index is 2.41. The first-order chi connectivity index (χ1) is 10.5. The molecule has 2 rings (SSSR count). The van der Waals surface area contributed by atoms with E-state index in [9.17, 15) is 4.79 Å². The molecule has 0 amide bonds. The van der Waals surface area contributed by atoms with Crippen molar-refractivity contribution in [1.82, 2.24) is 9.55 Å². The molecule has 0 aliphatic rings. The summed E-state index contributed by atoms with van der Waals surface area (Å²) in [5.41, 5.74) is 3.10. The van der Waals surface area contributed by atoms with E-state index in [1.807, 2.05) is 43.3 Å². The first-order valence-corrected chi connectivity index (χ1v) is 7.09. The zero-order chi connectivity index (χ0) is 16.1. The number of carbonyl (C=O) groups is 1. The zero-order valence-electron chi connectivity index (χ0n) is 13.0. The number of carbonyl (C=O) groups excluding carboxylic acids is 1. The summed E-state index contributed by atoms with van der Waals surface area (Å²) in [6.07, 6.45) is 1.82. The molecule has 4 heteroatoms. The number of aromatic nitrogens is 2. The Kier molecular flexibility index (Phi) is 4.94.